The van der Waals surface area contributed by atoms with Crippen LogP contribution in [-0.2, 0) is 14.6 Å². The average Bonchev–Trinajstić information content (AvgIpc) is 2.94. The van der Waals surface area contributed by atoms with Crippen molar-refractivity contribution >= 4 is 38.0 Å². The lowest BCUT2D eigenvalue weighted by Gasteiger charge is -2.05. The summed E-state index contributed by atoms with van der Waals surface area (Å²) in [5.74, 6) is -0.929. The number of anilines is 1. The standard InChI is InChI=1S/C15H16N2O4S2/c1-10-3-5-12(6-4-10)23(20,21)8-7-14(19)17-15-16-13(9-22-15)11(2)18/h3-6,9H,7-8H2,1-2H3,(H,16,17,19). The first-order chi connectivity index (χ1) is 10.8. The van der Waals surface area contributed by atoms with Crippen LogP contribution >= 0.6 is 11.3 Å². The van der Waals surface area contributed by atoms with Gasteiger partial charge in [-0.25, -0.2) is 13.4 Å². The molecule has 2 rings (SSSR count). The normalized spacial score (nSPS) is 11.2. The van der Waals surface area contributed by atoms with Crippen LogP contribution in [0.1, 0.15) is 29.4 Å². The Morgan fingerprint density at radius 3 is 2.43 bits per heavy atom. The van der Waals surface area contributed by atoms with Gasteiger partial charge in [0.1, 0.15) is 5.69 Å². The Morgan fingerprint density at radius 2 is 1.87 bits per heavy atom. The van der Waals surface area contributed by atoms with Crippen LogP contribution in [0.4, 0.5) is 5.13 Å². The van der Waals surface area contributed by atoms with E-state index in [2.05, 4.69) is 10.3 Å². The molecule has 0 saturated heterocycles. The first-order valence-corrected chi connectivity index (χ1v) is 9.37. The summed E-state index contributed by atoms with van der Waals surface area (Å²) < 4.78 is 24.3. The van der Waals surface area contributed by atoms with E-state index < -0.39 is 15.7 Å². The second-order valence-corrected chi connectivity index (χ2v) is 7.99. The van der Waals surface area contributed by atoms with E-state index in [1.165, 1.54) is 19.1 Å². The van der Waals surface area contributed by atoms with E-state index >= 15 is 0 Å². The topological polar surface area (TPSA) is 93.2 Å². The molecule has 2 aromatic rings. The molecule has 122 valence electrons. The second kappa shape index (κ2) is 7.01. The SMILES string of the molecule is CC(=O)c1csc(NC(=O)CCS(=O)(=O)c2ccc(C)cc2)n1. The van der Waals surface area contributed by atoms with Gasteiger partial charge in [0.2, 0.25) is 5.91 Å². The van der Waals surface area contributed by atoms with Crippen LogP contribution in [0.15, 0.2) is 34.5 Å². The van der Waals surface area contributed by atoms with Crippen LogP contribution in [0.3, 0.4) is 0 Å². The van der Waals surface area contributed by atoms with E-state index in [0.29, 0.717) is 0 Å². The quantitative estimate of drug-likeness (QED) is 0.806. The van der Waals surface area contributed by atoms with Crippen molar-refractivity contribution in [1.29, 1.82) is 0 Å². The number of benzene rings is 1. The Hall–Kier alpha value is -2.06. The van der Waals surface area contributed by atoms with Crippen molar-refractivity contribution in [3.63, 3.8) is 0 Å². The number of hydrogen-bond donors (Lipinski definition) is 1. The summed E-state index contributed by atoms with van der Waals surface area (Å²) in [6, 6.07) is 6.49. The van der Waals surface area contributed by atoms with Crippen molar-refractivity contribution in [2.75, 3.05) is 11.1 Å². The molecule has 0 atom stereocenters. The number of aryl methyl sites for hydroxylation is 1. The first-order valence-electron chi connectivity index (χ1n) is 6.84. The summed E-state index contributed by atoms with van der Waals surface area (Å²) in [5, 5.41) is 4.33. The van der Waals surface area contributed by atoms with Gasteiger partial charge in [-0.3, -0.25) is 9.59 Å². The number of carbonyl (C=O) groups is 2. The maximum atomic E-state index is 12.2. The molecule has 0 radical (unpaired) electrons. The van der Waals surface area contributed by atoms with Gasteiger partial charge in [0, 0.05) is 18.7 Å². The van der Waals surface area contributed by atoms with Gasteiger partial charge in [-0.1, -0.05) is 17.7 Å². The first kappa shape index (κ1) is 17.3. The molecule has 0 fully saturated rings. The largest absolute Gasteiger partial charge is 0.302 e. The molecule has 8 heteroatoms. The Balaban J connectivity index is 1.95. The molecule has 0 aliphatic rings. The van der Waals surface area contributed by atoms with E-state index in [0.717, 1.165) is 16.9 Å². The third-order valence-electron chi connectivity index (χ3n) is 3.09. The zero-order valence-electron chi connectivity index (χ0n) is 12.7. The number of hydrogen-bond acceptors (Lipinski definition) is 6. The van der Waals surface area contributed by atoms with Crippen molar-refractivity contribution in [3.8, 4) is 0 Å². The minimum Gasteiger partial charge on any atom is -0.302 e. The van der Waals surface area contributed by atoms with Gasteiger partial charge in [0.05, 0.1) is 10.6 Å². The summed E-state index contributed by atoms with van der Waals surface area (Å²) >= 11 is 1.12. The van der Waals surface area contributed by atoms with Crippen LogP contribution in [0.5, 0.6) is 0 Å². The molecule has 1 amide bonds. The fourth-order valence-electron chi connectivity index (χ4n) is 1.77. The molecule has 1 heterocycles. The zero-order chi connectivity index (χ0) is 17.0. The Kier molecular flexibility index (Phi) is 5.27. The third-order valence-corrected chi connectivity index (χ3v) is 5.58. The lowest BCUT2D eigenvalue weighted by atomic mass is 10.2. The van der Waals surface area contributed by atoms with Crippen LogP contribution in [0, 0.1) is 6.92 Å². The molecule has 0 unspecified atom stereocenters. The van der Waals surface area contributed by atoms with Crippen LogP contribution < -0.4 is 5.32 Å². The average molecular weight is 352 g/mol. The predicted octanol–water partition coefficient (Wildman–Crippen LogP) is 2.46. The number of nitrogens with zero attached hydrogens (tertiary/aromatic N) is 1. The predicted molar refractivity (Wildman–Crippen MR) is 88.6 cm³/mol. The van der Waals surface area contributed by atoms with Crippen LogP contribution in [-0.4, -0.2) is 30.8 Å². The number of ketones is 1. The number of nitrogens with one attached hydrogen (secondary N) is 1. The number of aromatic nitrogens is 1. The smallest absolute Gasteiger partial charge is 0.227 e. The summed E-state index contributed by atoms with van der Waals surface area (Å²) in [6.07, 6.45) is -0.175. The molecule has 1 N–H and O–H groups in total. The molecule has 6 nitrogen and oxygen atoms in total. The molecule has 1 aromatic carbocycles. The number of carbonyl (C=O) groups excluding carboxylic acids is 2. The van der Waals surface area contributed by atoms with Crippen molar-refractivity contribution in [2.24, 2.45) is 0 Å². The highest BCUT2D eigenvalue weighted by Gasteiger charge is 2.17. The van der Waals surface area contributed by atoms with Crippen LogP contribution in [0.25, 0.3) is 0 Å². The Bertz CT molecular complexity index is 823. The van der Waals surface area contributed by atoms with E-state index in [-0.39, 0.29) is 33.7 Å². The molecule has 1 aromatic heterocycles. The molecule has 0 aliphatic heterocycles. The van der Waals surface area contributed by atoms with Gasteiger partial charge in [0.25, 0.3) is 0 Å². The lowest BCUT2D eigenvalue weighted by molar-refractivity contribution is -0.115. The second-order valence-electron chi connectivity index (χ2n) is 5.02. The Morgan fingerprint density at radius 1 is 1.22 bits per heavy atom. The molecule has 0 bridgehead atoms. The fourth-order valence-corrected chi connectivity index (χ4v) is 3.77. The number of sulfone groups is 1. The number of rotatable bonds is 6. The fraction of sp³-hybridized carbons (Fsp3) is 0.267. The Labute approximate surface area is 138 Å². The summed E-state index contributed by atoms with van der Waals surface area (Å²) in [6.45, 7) is 3.25. The minimum absolute atomic E-state index is 0.175. The van der Waals surface area contributed by atoms with Crippen molar-refractivity contribution in [1.82, 2.24) is 4.98 Å². The zero-order valence-corrected chi connectivity index (χ0v) is 14.3. The van der Waals surface area contributed by atoms with Gasteiger partial charge in [-0.15, -0.1) is 11.3 Å². The number of amides is 1. The van der Waals surface area contributed by atoms with Crippen LogP contribution in [0.2, 0.25) is 0 Å². The summed E-state index contributed by atoms with van der Waals surface area (Å²) in [4.78, 5) is 27.1. The van der Waals surface area contributed by atoms with E-state index in [9.17, 15) is 18.0 Å². The molecule has 0 spiro atoms. The van der Waals surface area contributed by atoms with Crippen molar-refractivity contribution < 1.29 is 18.0 Å². The molecule has 0 aliphatic carbocycles. The number of thiazole rings is 1. The molecule has 23 heavy (non-hydrogen) atoms. The maximum Gasteiger partial charge on any atom is 0.227 e. The van der Waals surface area contributed by atoms with Gasteiger partial charge in [0.15, 0.2) is 20.8 Å². The van der Waals surface area contributed by atoms with Gasteiger partial charge < -0.3 is 5.32 Å². The van der Waals surface area contributed by atoms with E-state index in [1.807, 2.05) is 6.92 Å². The van der Waals surface area contributed by atoms with Crippen molar-refractivity contribution in [3.05, 3.63) is 40.9 Å². The van der Waals surface area contributed by atoms with E-state index in [4.69, 9.17) is 0 Å². The van der Waals surface area contributed by atoms with Gasteiger partial charge >= 0.3 is 0 Å². The number of Topliss-reactive ketones (excluding diaryl/α,β-unsaturated/α-hetero) is 1. The highest BCUT2D eigenvalue weighted by Crippen LogP contribution is 2.17. The monoisotopic (exact) mass is 352 g/mol. The van der Waals surface area contributed by atoms with Crippen molar-refractivity contribution in [2.45, 2.75) is 25.2 Å². The van der Waals surface area contributed by atoms with Gasteiger partial charge in [-0.2, -0.15) is 0 Å². The molecular formula is C15H16N2O4S2. The highest BCUT2D eigenvalue weighted by molar-refractivity contribution is 7.91. The van der Waals surface area contributed by atoms with E-state index in [1.54, 1.807) is 17.5 Å². The summed E-state index contributed by atoms with van der Waals surface area (Å²) in [5.41, 5.74) is 1.24. The highest BCUT2D eigenvalue weighted by atomic mass is 32.2. The molecule has 0 saturated carbocycles. The third kappa shape index (κ3) is 4.70. The maximum absolute atomic E-state index is 12.2. The van der Waals surface area contributed by atoms with Gasteiger partial charge in [-0.05, 0) is 19.1 Å². The molecular weight excluding hydrogens is 336 g/mol. The summed E-state index contributed by atoms with van der Waals surface area (Å²) in [7, 11) is -3.50. The lowest BCUT2D eigenvalue weighted by Crippen LogP contribution is -2.17. The minimum atomic E-state index is -3.50.